The van der Waals surface area contributed by atoms with E-state index in [2.05, 4.69) is 58.4 Å². The molecule has 0 bridgehead atoms. The Morgan fingerprint density at radius 1 is 0.833 bits per heavy atom. The van der Waals surface area contributed by atoms with E-state index >= 15 is 0 Å². The minimum absolute atomic E-state index is 0.00546. The van der Waals surface area contributed by atoms with Crippen molar-refractivity contribution < 1.29 is 4.79 Å². The van der Waals surface area contributed by atoms with Crippen LogP contribution in [0.1, 0.15) is 59.7 Å². The lowest BCUT2D eigenvalue weighted by Gasteiger charge is -2.30. The van der Waals surface area contributed by atoms with Crippen molar-refractivity contribution in [2.24, 2.45) is 5.92 Å². The average molecular weight is 406 g/mol. The number of benzene rings is 2. The van der Waals surface area contributed by atoms with Gasteiger partial charge in [-0.05, 0) is 80.1 Å². The molecule has 4 nitrogen and oxygen atoms in total. The zero-order valence-corrected chi connectivity index (χ0v) is 18.3. The second-order valence-corrected chi connectivity index (χ2v) is 9.16. The number of carbonyl (C=O) groups is 1. The van der Waals surface area contributed by atoms with Gasteiger partial charge < -0.3 is 5.32 Å². The highest BCUT2D eigenvalue weighted by atomic mass is 16.1. The van der Waals surface area contributed by atoms with Crippen LogP contribution >= 0.6 is 0 Å². The molecule has 4 heteroatoms. The summed E-state index contributed by atoms with van der Waals surface area (Å²) < 4.78 is 0. The zero-order valence-electron chi connectivity index (χ0n) is 18.3. The lowest BCUT2D eigenvalue weighted by atomic mass is 9.99. The molecular weight excluding hydrogens is 370 g/mol. The molecular formula is C26H35N3O. The molecule has 1 N–H and O–H groups in total. The summed E-state index contributed by atoms with van der Waals surface area (Å²) >= 11 is 0. The standard InChI is InChI=1S/C26H35N3O/c1-21-5-4-16-29(18-21)20-23-8-6-22(7-9-23)17-27-26(30)25-12-10-24(11-13-25)19-28-14-2-3-15-28/h6-13,21H,2-5,14-20H2,1H3,(H,27,30). The van der Waals surface area contributed by atoms with Crippen molar-refractivity contribution in [1.82, 2.24) is 15.1 Å². The highest BCUT2D eigenvalue weighted by Gasteiger charge is 2.16. The summed E-state index contributed by atoms with van der Waals surface area (Å²) in [4.78, 5) is 17.5. The van der Waals surface area contributed by atoms with Crippen LogP contribution in [0.25, 0.3) is 0 Å². The molecule has 2 aliphatic rings. The van der Waals surface area contributed by atoms with Gasteiger partial charge in [-0.25, -0.2) is 0 Å². The van der Waals surface area contributed by atoms with Crippen LogP contribution in [0.4, 0.5) is 0 Å². The van der Waals surface area contributed by atoms with E-state index in [-0.39, 0.29) is 5.91 Å². The highest BCUT2D eigenvalue weighted by Crippen LogP contribution is 2.18. The molecule has 0 aliphatic carbocycles. The number of likely N-dealkylation sites (tertiary alicyclic amines) is 2. The van der Waals surface area contributed by atoms with Gasteiger partial charge in [0, 0.05) is 31.7 Å². The van der Waals surface area contributed by atoms with Crippen molar-refractivity contribution in [2.45, 2.75) is 52.2 Å². The Hall–Kier alpha value is -2.17. The van der Waals surface area contributed by atoms with E-state index in [1.807, 2.05) is 12.1 Å². The molecule has 2 saturated heterocycles. The van der Waals surface area contributed by atoms with Gasteiger partial charge in [-0.3, -0.25) is 14.6 Å². The molecule has 2 heterocycles. The molecule has 1 unspecified atom stereocenters. The first-order chi connectivity index (χ1) is 14.7. The van der Waals surface area contributed by atoms with Gasteiger partial charge in [-0.2, -0.15) is 0 Å². The normalized spacial score (nSPS) is 20.4. The second kappa shape index (κ2) is 10.2. The summed E-state index contributed by atoms with van der Waals surface area (Å²) in [5.74, 6) is 0.802. The predicted molar refractivity (Wildman–Crippen MR) is 122 cm³/mol. The molecule has 2 fully saturated rings. The third-order valence-electron chi connectivity index (χ3n) is 6.44. The number of piperidine rings is 1. The van der Waals surface area contributed by atoms with Crippen LogP contribution in [-0.4, -0.2) is 41.9 Å². The van der Waals surface area contributed by atoms with Crippen molar-refractivity contribution in [3.63, 3.8) is 0 Å². The molecule has 1 amide bonds. The van der Waals surface area contributed by atoms with Gasteiger partial charge in [0.1, 0.15) is 0 Å². The average Bonchev–Trinajstić information content (AvgIpc) is 3.27. The predicted octanol–water partition coefficient (Wildman–Crippen LogP) is 4.44. The second-order valence-electron chi connectivity index (χ2n) is 9.16. The quantitative estimate of drug-likeness (QED) is 0.739. The van der Waals surface area contributed by atoms with Crippen molar-refractivity contribution in [3.8, 4) is 0 Å². The maximum absolute atomic E-state index is 12.5. The third kappa shape index (κ3) is 5.93. The number of amides is 1. The Morgan fingerprint density at radius 2 is 1.40 bits per heavy atom. The highest BCUT2D eigenvalue weighted by molar-refractivity contribution is 5.94. The summed E-state index contributed by atoms with van der Waals surface area (Å²) in [6.07, 6.45) is 5.28. The Balaban J connectivity index is 1.24. The van der Waals surface area contributed by atoms with Gasteiger partial charge in [0.05, 0.1) is 0 Å². The lowest BCUT2D eigenvalue weighted by Crippen LogP contribution is -2.33. The van der Waals surface area contributed by atoms with Crippen molar-refractivity contribution >= 4 is 5.91 Å². The van der Waals surface area contributed by atoms with Gasteiger partial charge in [-0.1, -0.05) is 43.3 Å². The van der Waals surface area contributed by atoms with Crippen LogP contribution in [0.5, 0.6) is 0 Å². The number of hydrogen-bond acceptors (Lipinski definition) is 3. The van der Waals surface area contributed by atoms with Crippen LogP contribution in [0.15, 0.2) is 48.5 Å². The number of rotatable bonds is 7. The lowest BCUT2D eigenvalue weighted by molar-refractivity contribution is 0.0951. The molecule has 2 aliphatic heterocycles. The van der Waals surface area contributed by atoms with E-state index in [0.717, 1.165) is 30.1 Å². The van der Waals surface area contributed by atoms with Crippen LogP contribution in [0.2, 0.25) is 0 Å². The van der Waals surface area contributed by atoms with Gasteiger partial charge in [-0.15, -0.1) is 0 Å². The van der Waals surface area contributed by atoms with E-state index in [4.69, 9.17) is 0 Å². The van der Waals surface area contributed by atoms with Crippen LogP contribution in [-0.2, 0) is 19.6 Å². The van der Waals surface area contributed by atoms with E-state index in [1.165, 1.54) is 63.0 Å². The summed E-state index contributed by atoms with van der Waals surface area (Å²) in [5, 5.41) is 3.05. The number of nitrogens with zero attached hydrogens (tertiary/aromatic N) is 2. The van der Waals surface area contributed by atoms with E-state index in [0.29, 0.717) is 6.54 Å². The maximum atomic E-state index is 12.5. The summed E-state index contributed by atoms with van der Waals surface area (Å²) in [5.41, 5.74) is 4.51. The fraction of sp³-hybridized carbons (Fsp3) is 0.500. The molecule has 1 atom stereocenters. The SMILES string of the molecule is CC1CCCN(Cc2ccc(CNC(=O)c3ccc(CN4CCCC4)cc3)cc2)C1. The molecule has 30 heavy (non-hydrogen) atoms. The van der Waals surface area contributed by atoms with Crippen LogP contribution < -0.4 is 5.32 Å². The molecule has 160 valence electrons. The third-order valence-corrected chi connectivity index (χ3v) is 6.44. The zero-order chi connectivity index (χ0) is 20.8. The molecule has 2 aromatic carbocycles. The number of hydrogen-bond donors (Lipinski definition) is 1. The van der Waals surface area contributed by atoms with Crippen LogP contribution in [0.3, 0.4) is 0 Å². The Morgan fingerprint density at radius 3 is 2.07 bits per heavy atom. The largest absolute Gasteiger partial charge is 0.348 e. The topological polar surface area (TPSA) is 35.6 Å². The Bertz CT molecular complexity index is 809. The van der Waals surface area contributed by atoms with Crippen molar-refractivity contribution in [3.05, 3.63) is 70.8 Å². The fourth-order valence-corrected chi connectivity index (χ4v) is 4.70. The van der Waals surface area contributed by atoms with E-state index < -0.39 is 0 Å². The monoisotopic (exact) mass is 405 g/mol. The van der Waals surface area contributed by atoms with Gasteiger partial charge in [0.2, 0.25) is 0 Å². The first-order valence-electron chi connectivity index (χ1n) is 11.6. The van der Waals surface area contributed by atoms with E-state index in [1.54, 1.807) is 0 Å². The number of carbonyl (C=O) groups excluding carboxylic acids is 1. The summed E-state index contributed by atoms with van der Waals surface area (Å²) in [6, 6.07) is 16.8. The Kier molecular flexibility index (Phi) is 7.19. The first kappa shape index (κ1) is 21.1. The van der Waals surface area contributed by atoms with Gasteiger partial charge >= 0.3 is 0 Å². The van der Waals surface area contributed by atoms with Crippen molar-refractivity contribution in [2.75, 3.05) is 26.2 Å². The van der Waals surface area contributed by atoms with Gasteiger partial charge in [0.15, 0.2) is 0 Å². The molecule has 0 saturated carbocycles. The molecule has 2 aromatic rings. The molecule has 0 spiro atoms. The molecule has 4 rings (SSSR count). The van der Waals surface area contributed by atoms with Crippen molar-refractivity contribution in [1.29, 1.82) is 0 Å². The first-order valence-corrected chi connectivity index (χ1v) is 11.6. The van der Waals surface area contributed by atoms with Crippen LogP contribution in [0, 0.1) is 5.92 Å². The smallest absolute Gasteiger partial charge is 0.251 e. The number of nitrogens with one attached hydrogen (secondary N) is 1. The Labute approximate surface area is 181 Å². The summed E-state index contributed by atoms with van der Waals surface area (Å²) in [7, 11) is 0. The molecule has 0 aromatic heterocycles. The minimum atomic E-state index is -0.00546. The fourth-order valence-electron chi connectivity index (χ4n) is 4.70. The summed E-state index contributed by atoms with van der Waals surface area (Å²) in [6.45, 7) is 9.73. The molecule has 0 radical (unpaired) electrons. The van der Waals surface area contributed by atoms with Gasteiger partial charge in [0.25, 0.3) is 5.91 Å². The maximum Gasteiger partial charge on any atom is 0.251 e. The van der Waals surface area contributed by atoms with E-state index in [9.17, 15) is 4.79 Å². The minimum Gasteiger partial charge on any atom is -0.348 e.